The average molecular weight is 251 g/mol. The maximum absolute atomic E-state index is 11.5. The summed E-state index contributed by atoms with van der Waals surface area (Å²) in [6, 6.07) is 0. The number of amides is 1. The van der Waals surface area contributed by atoms with Gasteiger partial charge < -0.3 is 10.4 Å². The Morgan fingerprint density at radius 1 is 1.28 bits per heavy atom. The second-order valence-electron chi connectivity index (χ2n) is 4.11. The van der Waals surface area contributed by atoms with Gasteiger partial charge in [0.2, 0.25) is 5.91 Å². The molecule has 0 aliphatic carbocycles. The molecule has 2 N–H and O–H groups in total. The summed E-state index contributed by atoms with van der Waals surface area (Å²) in [7, 11) is 0. The van der Waals surface area contributed by atoms with Crippen LogP contribution in [0.2, 0.25) is 0 Å². The van der Waals surface area contributed by atoms with E-state index in [1.807, 2.05) is 25.2 Å². The molecule has 3 nitrogen and oxygen atoms in total. The highest BCUT2D eigenvalue weighted by Crippen LogP contribution is 2.06. The van der Waals surface area contributed by atoms with Crippen LogP contribution >= 0.6 is 0 Å². The van der Waals surface area contributed by atoms with Crippen molar-refractivity contribution in [2.24, 2.45) is 0 Å². The van der Waals surface area contributed by atoms with Crippen LogP contribution in [0.3, 0.4) is 0 Å². The lowest BCUT2D eigenvalue weighted by Crippen LogP contribution is -2.24. The Bertz CT molecular complexity index is 293. The van der Waals surface area contributed by atoms with Gasteiger partial charge in [-0.3, -0.25) is 4.79 Å². The highest BCUT2D eigenvalue weighted by Gasteiger charge is 2.01. The smallest absolute Gasteiger partial charge is 0.220 e. The van der Waals surface area contributed by atoms with E-state index in [2.05, 4.69) is 11.9 Å². The quantitative estimate of drug-likeness (QED) is 0.463. The van der Waals surface area contributed by atoms with Gasteiger partial charge in [0, 0.05) is 19.6 Å². The van der Waals surface area contributed by atoms with Crippen LogP contribution in [0.15, 0.2) is 36.5 Å². The minimum absolute atomic E-state index is 0.0761. The number of aliphatic hydroxyl groups is 1. The van der Waals surface area contributed by atoms with Gasteiger partial charge in [0.1, 0.15) is 0 Å². The van der Waals surface area contributed by atoms with Gasteiger partial charge in [-0.2, -0.15) is 0 Å². The molecule has 0 saturated heterocycles. The molecule has 102 valence electrons. The van der Waals surface area contributed by atoms with Crippen molar-refractivity contribution in [1.82, 2.24) is 5.32 Å². The number of rotatable bonds is 10. The fraction of sp³-hybridized carbons (Fsp3) is 0.533. The van der Waals surface area contributed by atoms with Crippen molar-refractivity contribution >= 4 is 5.91 Å². The predicted octanol–water partition coefficient (Wildman–Crippen LogP) is 2.73. The molecule has 1 amide bonds. The lowest BCUT2D eigenvalue weighted by atomic mass is 10.1. The molecular weight excluding hydrogens is 226 g/mol. The van der Waals surface area contributed by atoms with E-state index in [1.54, 1.807) is 6.08 Å². The van der Waals surface area contributed by atoms with Crippen LogP contribution in [0.25, 0.3) is 0 Å². The monoisotopic (exact) mass is 251 g/mol. The number of allylic oxidation sites excluding steroid dienone is 5. The van der Waals surface area contributed by atoms with E-state index in [1.165, 1.54) is 0 Å². The molecule has 0 rings (SSSR count). The Labute approximate surface area is 110 Å². The minimum atomic E-state index is 0.0761. The Kier molecular flexibility index (Phi) is 11.2. The second-order valence-corrected chi connectivity index (χ2v) is 4.11. The SMILES string of the molecule is C=C/C(=C\C=C/C)CCC(=O)NCCCCCO. The summed E-state index contributed by atoms with van der Waals surface area (Å²) in [5.41, 5.74) is 1.07. The number of unbranched alkanes of at least 4 members (excludes halogenated alkanes) is 2. The van der Waals surface area contributed by atoms with E-state index in [0.717, 1.165) is 31.3 Å². The van der Waals surface area contributed by atoms with E-state index < -0.39 is 0 Å². The normalized spacial score (nSPS) is 11.8. The summed E-state index contributed by atoms with van der Waals surface area (Å²) in [6.07, 6.45) is 11.6. The molecule has 0 saturated carbocycles. The molecule has 0 aromatic rings. The maximum atomic E-state index is 11.5. The third-order valence-corrected chi connectivity index (χ3v) is 2.56. The van der Waals surface area contributed by atoms with Gasteiger partial charge in [0.05, 0.1) is 0 Å². The molecule has 18 heavy (non-hydrogen) atoms. The lowest BCUT2D eigenvalue weighted by molar-refractivity contribution is -0.121. The fourth-order valence-corrected chi connectivity index (χ4v) is 1.46. The maximum Gasteiger partial charge on any atom is 0.220 e. The number of carbonyl (C=O) groups excluding carboxylic acids is 1. The van der Waals surface area contributed by atoms with E-state index in [4.69, 9.17) is 5.11 Å². The summed E-state index contributed by atoms with van der Waals surface area (Å²) in [5, 5.41) is 11.5. The van der Waals surface area contributed by atoms with E-state index in [9.17, 15) is 4.79 Å². The largest absolute Gasteiger partial charge is 0.396 e. The third kappa shape index (κ3) is 9.85. The van der Waals surface area contributed by atoms with Gasteiger partial charge in [-0.05, 0) is 38.2 Å². The van der Waals surface area contributed by atoms with Crippen LogP contribution in [-0.4, -0.2) is 24.2 Å². The first-order valence-corrected chi connectivity index (χ1v) is 6.56. The van der Waals surface area contributed by atoms with Gasteiger partial charge in [-0.25, -0.2) is 0 Å². The van der Waals surface area contributed by atoms with Gasteiger partial charge in [-0.1, -0.05) is 30.9 Å². The zero-order valence-electron chi connectivity index (χ0n) is 11.3. The summed E-state index contributed by atoms with van der Waals surface area (Å²) in [5.74, 6) is 0.0761. The first kappa shape index (κ1) is 16.6. The van der Waals surface area contributed by atoms with Crippen molar-refractivity contribution in [1.29, 1.82) is 0 Å². The predicted molar refractivity (Wildman–Crippen MR) is 76.3 cm³/mol. The molecular formula is C15H25NO2. The molecule has 0 atom stereocenters. The van der Waals surface area contributed by atoms with Gasteiger partial charge in [0.15, 0.2) is 0 Å². The zero-order valence-corrected chi connectivity index (χ0v) is 11.3. The highest BCUT2D eigenvalue weighted by molar-refractivity contribution is 5.76. The summed E-state index contributed by atoms with van der Waals surface area (Å²) >= 11 is 0. The molecule has 0 aliphatic heterocycles. The molecule has 0 fully saturated rings. The molecule has 0 radical (unpaired) electrons. The first-order valence-electron chi connectivity index (χ1n) is 6.56. The van der Waals surface area contributed by atoms with E-state index in [0.29, 0.717) is 13.0 Å². The van der Waals surface area contributed by atoms with Crippen molar-refractivity contribution in [3.63, 3.8) is 0 Å². The average Bonchev–Trinajstić information content (AvgIpc) is 2.39. The molecule has 0 aromatic carbocycles. The number of carbonyl (C=O) groups is 1. The number of aliphatic hydroxyl groups excluding tert-OH is 1. The van der Waals surface area contributed by atoms with Crippen molar-refractivity contribution in [3.05, 3.63) is 36.5 Å². The van der Waals surface area contributed by atoms with Crippen molar-refractivity contribution in [2.45, 2.75) is 39.0 Å². The van der Waals surface area contributed by atoms with Gasteiger partial charge >= 0.3 is 0 Å². The van der Waals surface area contributed by atoms with Crippen molar-refractivity contribution < 1.29 is 9.90 Å². The second kappa shape index (κ2) is 12.1. The van der Waals surface area contributed by atoms with E-state index in [-0.39, 0.29) is 12.5 Å². The molecule has 0 spiro atoms. The van der Waals surface area contributed by atoms with Crippen LogP contribution < -0.4 is 5.32 Å². The number of nitrogens with one attached hydrogen (secondary N) is 1. The Balaban J connectivity index is 3.71. The molecule has 0 heterocycles. The van der Waals surface area contributed by atoms with Crippen molar-refractivity contribution in [3.8, 4) is 0 Å². The van der Waals surface area contributed by atoms with Crippen LogP contribution in [-0.2, 0) is 4.79 Å². The minimum Gasteiger partial charge on any atom is -0.396 e. The Hall–Kier alpha value is -1.35. The zero-order chi connectivity index (χ0) is 13.6. The van der Waals surface area contributed by atoms with Gasteiger partial charge in [0.25, 0.3) is 0 Å². The first-order chi connectivity index (χ1) is 8.74. The van der Waals surface area contributed by atoms with Crippen molar-refractivity contribution in [2.75, 3.05) is 13.2 Å². The van der Waals surface area contributed by atoms with Crippen LogP contribution in [0.5, 0.6) is 0 Å². The number of hydrogen-bond donors (Lipinski definition) is 2. The highest BCUT2D eigenvalue weighted by atomic mass is 16.2. The Morgan fingerprint density at radius 3 is 2.67 bits per heavy atom. The lowest BCUT2D eigenvalue weighted by Gasteiger charge is -2.05. The van der Waals surface area contributed by atoms with Crippen LogP contribution in [0.4, 0.5) is 0 Å². The summed E-state index contributed by atoms with van der Waals surface area (Å²) in [6.45, 7) is 6.61. The van der Waals surface area contributed by atoms with Crippen LogP contribution in [0, 0.1) is 0 Å². The van der Waals surface area contributed by atoms with Crippen LogP contribution in [0.1, 0.15) is 39.0 Å². The van der Waals surface area contributed by atoms with E-state index >= 15 is 0 Å². The number of hydrogen-bond acceptors (Lipinski definition) is 2. The molecule has 0 aliphatic rings. The summed E-state index contributed by atoms with van der Waals surface area (Å²) in [4.78, 5) is 11.5. The molecule has 0 unspecified atom stereocenters. The Morgan fingerprint density at radius 2 is 2.06 bits per heavy atom. The fourth-order valence-electron chi connectivity index (χ4n) is 1.46. The molecule has 3 heteroatoms. The molecule has 0 aromatic heterocycles. The third-order valence-electron chi connectivity index (χ3n) is 2.56. The molecule has 0 bridgehead atoms. The summed E-state index contributed by atoms with van der Waals surface area (Å²) < 4.78 is 0. The topological polar surface area (TPSA) is 49.3 Å². The van der Waals surface area contributed by atoms with Gasteiger partial charge in [-0.15, -0.1) is 0 Å². The standard InChI is InChI=1S/C15H25NO2/c1-3-5-9-14(4-2)10-11-15(18)16-12-7-6-8-13-17/h3-5,9,17H,2,6-8,10-13H2,1H3,(H,16,18)/b5-3-,14-9+.